The minimum Gasteiger partial charge on any atom is -0.496 e. The summed E-state index contributed by atoms with van der Waals surface area (Å²) in [5.74, 6) is 0.763. The number of hydrogen-bond acceptors (Lipinski definition) is 4. The van der Waals surface area contributed by atoms with Gasteiger partial charge in [-0.2, -0.15) is 0 Å². The molecule has 1 aromatic carbocycles. The number of piperazine rings is 1. The Kier molecular flexibility index (Phi) is 4.32. The van der Waals surface area contributed by atoms with Crippen molar-refractivity contribution in [2.24, 2.45) is 0 Å². The molecule has 1 N–H and O–H groups in total. The monoisotopic (exact) mass is 264 g/mol. The van der Waals surface area contributed by atoms with Crippen LogP contribution in [-0.4, -0.2) is 49.8 Å². The molecule has 0 amide bonds. The van der Waals surface area contributed by atoms with Gasteiger partial charge in [-0.25, -0.2) is 0 Å². The number of aliphatic hydroxyl groups excluding tert-OH is 1. The van der Waals surface area contributed by atoms with Crippen molar-refractivity contribution >= 4 is 5.69 Å². The molecule has 1 aliphatic heterocycles. The molecule has 1 aromatic rings. The van der Waals surface area contributed by atoms with Crippen LogP contribution in [0, 0.1) is 0 Å². The maximum atomic E-state index is 10.0. The fourth-order valence-corrected chi connectivity index (χ4v) is 2.67. The third-order valence-electron chi connectivity index (χ3n) is 3.98. The zero-order valence-corrected chi connectivity index (χ0v) is 12.3. The van der Waals surface area contributed by atoms with Gasteiger partial charge in [0.25, 0.3) is 0 Å². The van der Waals surface area contributed by atoms with E-state index in [0.29, 0.717) is 6.04 Å². The normalized spacial score (nSPS) is 22.4. The number of aliphatic hydroxyl groups is 1. The maximum absolute atomic E-state index is 10.0. The van der Waals surface area contributed by atoms with Gasteiger partial charge in [0.15, 0.2) is 0 Å². The maximum Gasteiger partial charge on any atom is 0.126 e. The van der Waals surface area contributed by atoms with Crippen LogP contribution < -0.4 is 9.64 Å². The summed E-state index contributed by atoms with van der Waals surface area (Å²) in [6.07, 6.45) is -0.527. The van der Waals surface area contributed by atoms with Gasteiger partial charge in [-0.05, 0) is 33.0 Å². The van der Waals surface area contributed by atoms with Gasteiger partial charge in [0.05, 0.1) is 13.2 Å². The van der Waals surface area contributed by atoms with Crippen molar-refractivity contribution in [2.45, 2.75) is 26.0 Å². The first-order valence-electron chi connectivity index (χ1n) is 6.84. The lowest BCUT2D eigenvalue weighted by Crippen LogP contribution is -2.50. The first-order chi connectivity index (χ1) is 9.04. The lowest BCUT2D eigenvalue weighted by molar-refractivity contribution is 0.193. The van der Waals surface area contributed by atoms with Crippen LogP contribution >= 0.6 is 0 Å². The average Bonchev–Trinajstić information content (AvgIpc) is 2.40. The summed E-state index contributed by atoms with van der Waals surface area (Å²) in [7, 11) is 3.81. The molecular formula is C15H24N2O2. The molecule has 4 heteroatoms. The summed E-state index contributed by atoms with van der Waals surface area (Å²) in [5, 5.41) is 10.0. The number of anilines is 1. The van der Waals surface area contributed by atoms with Gasteiger partial charge < -0.3 is 19.6 Å². The number of likely N-dealkylation sites (N-methyl/N-ethyl adjacent to an activating group) is 1. The minimum atomic E-state index is -0.527. The molecule has 1 saturated heterocycles. The Hall–Kier alpha value is -1.26. The number of methoxy groups -OCH3 is 1. The Morgan fingerprint density at radius 1 is 1.37 bits per heavy atom. The van der Waals surface area contributed by atoms with Crippen molar-refractivity contribution in [3.8, 4) is 5.75 Å². The van der Waals surface area contributed by atoms with Gasteiger partial charge in [0.2, 0.25) is 0 Å². The van der Waals surface area contributed by atoms with E-state index in [1.165, 1.54) is 0 Å². The average molecular weight is 264 g/mol. The van der Waals surface area contributed by atoms with E-state index in [4.69, 9.17) is 4.74 Å². The van der Waals surface area contributed by atoms with E-state index in [9.17, 15) is 5.11 Å². The molecule has 4 nitrogen and oxygen atoms in total. The predicted octanol–water partition coefficient (Wildman–Crippen LogP) is 1.89. The van der Waals surface area contributed by atoms with E-state index in [0.717, 1.165) is 36.6 Å². The topological polar surface area (TPSA) is 35.9 Å². The van der Waals surface area contributed by atoms with Gasteiger partial charge in [-0.15, -0.1) is 0 Å². The second-order valence-electron chi connectivity index (χ2n) is 5.34. The summed E-state index contributed by atoms with van der Waals surface area (Å²) in [5.41, 5.74) is 1.98. The van der Waals surface area contributed by atoms with Crippen LogP contribution in [0.4, 0.5) is 5.69 Å². The molecule has 19 heavy (non-hydrogen) atoms. The molecule has 0 aromatic heterocycles. The third-order valence-corrected chi connectivity index (χ3v) is 3.98. The summed E-state index contributed by atoms with van der Waals surface area (Å²) >= 11 is 0. The highest BCUT2D eigenvalue weighted by atomic mass is 16.5. The van der Waals surface area contributed by atoms with Gasteiger partial charge in [-0.1, -0.05) is 6.07 Å². The van der Waals surface area contributed by atoms with Crippen LogP contribution in [0.15, 0.2) is 18.2 Å². The molecule has 0 saturated carbocycles. The lowest BCUT2D eigenvalue weighted by Gasteiger charge is -2.40. The van der Waals surface area contributed by atoms with Gasteiger partial charge in [0, 0.05) is 36.9 Å². The first-order valence-corrected chi connectivity index (χ1v) is 6.84. The largest absolute Gasteiger partial charge is 0.496 e. The van der Waals surface area contributed by atoms with E-state index in [1.54, 1.807) is 14.0 Å². The smallest absolute Gasteiger partial charge is 0.126 e. The molecule has 2 rings (SSSR count). The van der Waals surface area contributed by atoms with E-state index in [2.05, 4.69) is 29.8 Å². The number of nitrogens with zero attached hydrogens (tertiary/aromatic N) is 2. The molecule has 0 bridgehead atoms. The highest BCUT2D eigenvalue weighted by Gasteiger charge is 2.24. The molecule has 0 radical (unpaired) electrons. The van der Waals surface area contributed by atoms with Crippen LogP contribution in [0.25, 0.3) is 0 Å². The lowest BCUT2D eigenvalue weighted by atomic mass is 10.0. The van der Waals surface area contributed by atoms with Crippen molar-refractivity contribution in [2.75, 3.05) is 38.7 Å². The second-order valence-corrected chi connectivity index (χ2v) is 5.34. The molecule has 106 valence electrons. The summed E-state index contributed by atoms with van der Waals surface area (Å²) in [6, 6.07) is 6.48. The van der Waals surface area contributed by atoms with Crippen LogP contribution in [-0.2, 0) is 0 Å². The number of hydrogen-bond donors (Lipinski definition) is 1. The zero-order valence-electron chi connectivity index (χ0n) is 12.3. The van der Waals surface area contributed by atoms with Crippen LogP contribution in [0.5, 0.6) is 5.75 Å². The van der Waals surface area contributed by atoms with Crippen LogP contribution in [0.2, 0.25) is 0 Å². The van der Waals surface area contributed by atoms with E-state index >= 15 is 0 Å². The molecule has 0 aliphatic carbocycles. The molecular weight excluding hydrogens is 240 g/mol. The van der Waals surface area contributed by atoms with Crippen molar-refractivity contribution in [3.63, 3.8) is 0 Å². The van der Waals surface area contributed by atoms with Gasteiger partial charge >= 0.3 is 0 Å². The molecule has 1 heterocycles. The molecule has 0 spiro atoms. The molecule has 1 fully saturated rings. The SMILES string of the molecule is COc1cccc(N2CCN(C)C(C)C2)c1[C@@H](C)O. The Labute approximate surface area is 115 Å². The highest BCUT2D eigenvalue weighted by molar-refractivity contribution is 5.60. The fourth-order valence-electron chi connectivity index (χ4n) is 2.67. The second kappa shape index (κ2) is 5.80. The fraction of sp³-hybridized carbons (Fsp3) is 0.600. The number of ether oxygens (including phenoxy) is 1. The van der Waals surface area contributed by atoms with Gasteiger partial charge in [0.1, 0.15) is 5.75 Å². The van der Waals surface area contributed by atoms with Crippen molar-refractivity contribution < 1.29 is 9.84 Å². The molecule has 1 aliphatic rings. The van der Waals surface area contributed by atoms with Crippen molar-refractivity contribution in [1.82, 2.24) is 4.90 Å². The Morgan fingerprint density at radius 2 is 2.11 bits per heavy atom. The van der Waals surface area contributed by atoms with E-state index < -0.39 is 6.10 Å². The standard InChI is InChI=1S/C15H24N2O2/c1-11-10-17(9-8-16(11)3)13-6-5-7-14(19-4)15(13)12(2)18/h5-7,11-12,18H,8-10H2,1-4H3/t11?,12-/m1/s1. The summed E-state index contributed by atoms with van der Waals surface area (Å²) < 4.78 is 5.39. The third kappa shape index (κ3) is 2.85. The first kappa shape index (κ1) is 14.2. The minimum absolute atomic E-state index is 0.516. The number of benzene rings is 1. The Bertz CT molecular complexity index is 434. The summed E-state index contributed by atoms with van der Waals surface area (Å²) in [6.45, 7) is 7.02. The zero-order chi connectivity index (χ0) is 14.0. The highest BCUT2D eigenvalue weighted by Crippen LogP contribution is 2.35. The van der Waals surface area contributed by atoms with Crippen LogP contribution in [0.1, 0.15) is 25.5 Å². The quantitative estimate of drug-likeness (QED) is 0.904. The van der Waals surface area contributed by atoms with E-state index in [1.807, 2.05) is 12.1 Å². The van der Waals surface area contributed by atoms with E-state index in [-0.39, 0.29) is 0 Å². The molecule has 1 unspecified atom stereocenters. The molecule has 2 atom stereocenters. The Balaban J connectivity index is 2.34. The van der Waals surface area contributed by atoms with Crippen molar-refractivity contribution in [1.29, 1.82) is 0 Å². The van der Waals surface area contributed by atoms with Crippen LogP contribution in [0.3, 0.4) is 0 Å². The van der Waals surface area contributed by atoms with Gasteiger partial charge in [-0.3, -0.25) is 0 Å². The number of rotatable bonds is 3. The predicted molar refractivity (Wildman–Crippen MR) is 77.9 cm³/mol. The Morgan fingerprint density at radius 3 is 2.68 bits per heavy atom. The van der Waals surface area contributed by atoms with Crippen molar-refractivity contribution in [3.05, 3.63) is 23.8 Å². The summed E-state index contributed by atoms with van der Waals surface area (Å²) in [4.78, 5) is 4.70.